The smallest absolute Gasteiger partial charge is 0.237 e. The Bertz CT molecular complexity index is 772. The molecular formula is C20H22N2O2. The van der Waals surface area contributed by atoms with Crippen LogP contribution < -0.4 is 10.6 Å². The summed E-state index contributed by atoms with van der Waals surface area (Å²) in [4.78, 5) is 12.7. The second-order valence-corrected chi connectivity index (χ2v) is 6.74. The number of rotatable bonds is 2. The zero-order valence-electron chi connectivity index (χ0n) is 13.6. The lowest BCUT2D eigenvalue weighted by atomic mass is 9.87. The van der Waals surface area contributed by atoms with Gasteiger partial charge in [0.15, 0.2) is 0 Å². The van der Waals surface area contributed by atoms with E-state index in [9.17, 15) is 9.90 Å². The minimum absolute atomic E-state index is 0.0469. The number of phenolic OH excluding ortho intramolecular Hbond substituents is 1. The maximum atomic E-state index is 12.7. The van der Waals surface area contributed by atoms with Crippen LogP contribution >= 0.6 is 0 Å². The summed E-state index contributed by atoms with van der Waals surface area (Å²) < 4.78 is 0. The average molecular weight is 322 g/mol. The van der Waals surface area contributed by atoms with Crippen LogP contribution in [0.3, 0.4) is 0 Å². The van der Waals surface area contributed by atoms with Crippen LogP contribution in [-0.4, -0.2) is 17.1 Å². The number of hydrogen-bond donors (Lipinski definition) is 3. The molecule has 4 rings (SSSR count). The van der Waals surface area contributed by atoms with E-state index in [4.69, 9.17) is 0 Å². The molecule has 2 atom stereocenters. The van der Waals surface area contributed by atoms with Gasteiger partial charge in [-0.1, -0.05) is 30.3 Å². The Morgan fingerprint density at radius 1 is 1.12 bits per heavy atom. The molecule has 4 nitrogen and oxygen atoms in total. The molecule has 3 N–H and O–H groups in total. The molecule has 0 radical (unpaired) electrons. The molecule has 1 heterocycles. The van der Waals surface area contributed by atoms with E-state index in [1.165, 1.54) is 11.1 Å². The Morgan fingerprint density at radius 2 is 2.00 bits per heavy atom. The standard InChI is InChI=1S/C20H22N2O2/c23-16-9-8-14-12-21-19(11-15(14)10-16)20(24)22-18-7-3-5-13-4-1-2-6-17(13)18/h1-2,4,6,8-10,18-19,21,23H,3,5,7,11-12H2,(H,22,24)/t18-,19?/m1/s1. The van der Waals surface area contributed by atoms with E-state index in [1.807, 2.05) is 12.1 Å². The van der Waals surface area contributed by atoms with Gasteiger partial charge in [0.2, 0.25) is 5.91 Å². The lowest BCUT2D eigenvalue weighted by molar-refractivity contribution is -0.124. The third-order valence-corrected chi connectivity index (χ3v) is 5.16. The SMILES string of the molecule is O=C(N[C@@H]1CCCc2ccccc21)C1Cc2cc(O)ccc2CN1. The summed E-state index contributed by atoms with van der Waals surface area (Å²) in [5, 5.41) is 16.2. The Balaban J connectivity index is 1.48. The summed E-state index contributed by atoms with van der Waals surface area (Å²) in [5.74, 6) is 0.307. The Labute approximate surface area is 141 Å². The largest absolute Gasteiger partial charge is 0.508 e. The van der Waals surface area contributed by atoms with Crippen LogP contribution in [0.2, 0.25) is 0 Å². The average Bonchev–Trinajstić information content (AvgIpc) is 2.61. The van der Waals surface area contributed by atoms with Crippen LogP contribution in [0.25, 0.3) is 0 Å². The summed E-state index contributed by atoms with van der Waals surface area (Å²) in [6.07, 6.45) is 3.81. The number of carbonyl (C=O) groups is 1. The van der Waals surface area contributed by atoms with E-state index in [0.717, 1.165) is 30.4 Å². The quantitative estimate of drug-likeness (QED) is 0.796. The molecule has 0 fully saturated rings. The molecule has 2 aliphatic rings. The van der Waals surface area contributed by atoms with Crippen molar-refractivity contribution in [3.63, 3.8) is 0 Å². The van der Waals surface area contributed by atoms with E-state index in [-0.39, 0.29) is 23.7 Å². The van der Waals surface area contributed by atoms with Crippen LogP contribution in [0, 0.1) is 0 Å². The number of aryl methyl sites for hydroxylation is 1. The second kappa shape index (κ2) is 6.29. The molecule has 0 saturated carbocycles. The van der Waals surface area contributed by atoms with Gasteiger partial charge in [0.25, 0.3) is 0 Å². The van der Waals surface area contributed by atoms with Crippen LogP contribution in [0.1, 0.15) is 41.1 Å². The van der Waals surface area contributed by atoms with Crippen LogP contribution in [-0.2, 0) is 24.2 Å². The van der Waals surface area contributed by atoms with E-state index in [0.29, 0.717) is 13.0 Å². The van der Waals surface area contributed by atoms with Crippen LogP contribution in [0.15, 0.2) is 42.5 Å². The maximum Gasteiger partial charge on any atom is 0.237 e. The molecule has 0 bridgehead atoms. The van der Waals surface area contributed by atoms with Crippen LogP contribution in [0.5, 0.6) is 5.75 Å². The topological polar surface area (TPSA) is 61.4 Å². The van der Waals surface area contributed by atoms with Crippen LogP contribution in [0.4, 0.5) is 0 Å². The molecule has 0 saturated heterocycles. The highest BCUT2D eigenvalue weighted by atomic mass is 16.3. The molecule has 1 aliphatic carbocycles. The van der Waals surface area contributed by atoms with Crippen molar-refractivity contribution >= 4 is 5.91 Å². The molecular weight excluding hydrogens is 300 g/mol. The minimum atomic E-state index is -0.242. The molecule has 0 spiro atoms. The number of amides is 1. The lowest BCUT2D eigenvalue weighted by Gasteiger charge is -2.30. The number of aromatic hydroxyl groups is 1. The zero-order chi connectivity index (χ0) is 16.5. The Morgan fingerprint density at radius 3 is 2.92 bits per heavy atom. The fourth-order valence-corrected chi connectivity index (χ4v) is 3.86. The third kappa shape index (κ3) is 2.89. The van der Waals surface area contributed by atoms with Gasteiger partial charge >= 0.3 is 0 Å². The first-order valence-corrected chi connectivity index (χ1v) is 8.63. The number of carbonyl (C=O) groups excluding carboxylic acids is 1. The number of hydrogen-bond acceptors (Lipinski definition) is 3. The minimum Gasteiger partial charge on any atom is -0.508 e. The summed E-state index contributed by atoms with van der Waals surface area (Å²) >= 11 is 0. The van der Waals surface area contributed by atoms with Gasteiger partial charge in [0, 0.05) is 6.54 Å². The van der Waals surface area contributed by atoms with Crippen molar-refractivity contribution in [2.24, 2.45) is 0 Å². The van der Waals surface area contributed by atoms with Gasteiger partial charge in [0.05, 0.1) is 12.1 Å². The molecule has 24 heavy (non-hydrogen) atoms. The van der Waals surface area contributed by atoms with Gasteiger partial charge in [-0.15, -0.1) is 0 Å². The molecule has 1 aliphatic heterocycles. The third-order valence-electron chi connectivity index (χ3n) is 5.16. The van der Waals surface area contributed by atoms with Gasteiger partial charge in [-0.2, -0.15) is 0 Å². The fourth-order valence-electron chi connectivity index (χ4n) is 3.86. The lowest BCUT2D eigenvalue weighted by Crippen LogP contribution is -2.48. The fraction of sp³-hybridized carbons (Fsp3) is 0.350. The van der Waals surface area contributed by atoms with E-state index < -0.39 is 0 Å². The highest BCUT2D eigenvalue weighted by molar-refractivity contribution is 5.83. The molecule has 2 aromatic rings. The van der Waals surface area contributed by atoms with Gasteiger partial charge in [-0.05, 0) is 60.1 Å². The first-order chi connectivity index (χ1) is 11.7. The van der Waals surface area contributed by atoms with Crippen molar-refractivity contribution in [2.45, 2.75) is 44.3 Å². The maximum absolute atomic E-state index is 12.7. The molecule has 124 valence electrons. The number of phenols is 1. The highest BCUT2D eigenvalue weighted by Gasteiger charge is 2.28. The van der Waals surface area contributed by atoms with Crippen molar-refractivity contribution in [2.75, 3.05) is 0 Å². The van der Waals surface area contributed by atoms with Crippen molar-refractivity contribution in [1.82, 2.24) is 10.6 Å². The van der Waals surface area contributed by atoms with E-state index >= 15 is 0 Å². The van der Waals surface area contributed by atoms with Crippen molar-refractivity contribution in [3.05, 3.63) is 64.7 Å². The number of fused-ring (bicyclic) bond motifs is 2. The van der Waals surface area contributed by atoms with Gasteiger partial charge in [0.1, 0.15) is 5.75 Å². The molecule has 4 heteroatoms. The summed E-state index contributed by atoms with van der Waals surface area (Å²) in [7, 11) is 0. The van der Waals surface area contributed by atoms with Crippen molar-refractivity contribution < 1.29 is 9.90 Å². The second-order valence-electron chi connectivity index (χ2n) is 6.74. The molecule has 0 aromatic heterocycles. The molecule has 1 amide bonds. The Hall–Kier alpha value is -2.33. The van der Waals surface area contributed by atoms with Crippen molar-refractivity contribution in [1.29, 1.82) is 0 Å². The molecule has 2 aromatic carbocycles. The van der Waals surface area contributed by atoms with Gasteiger partial charge < -0.3 is 15.7 Å². The van der Waals surface area contributed by atoms with E-state index in [2.05, 4.69) is 28.8 Å². The predicted molar refractivity (Wildman–Crippen MR) is 92.7 cm³/mol. The normalized spacial score (nSPS) is 22.3. The van der Waals surface area contributed by atoms with E-state index in [1.54, 1.807) is 12.1 Å². The van der Waals surface area contributed by atoms with Gasteiger partial charge in [-0.25, -0.2) is 0 Å². The van der Waals surface area contributed by atoms with Gasteiger partial charge in [-0.3, -0.25) is 4.79 Å². The summed E-state index contributed by atoms with van der Waals surface area (Å²) in [6, 6.07) is 13.6. The number of nitrogens with one attached hydrogen (secondary N) is 2. The first kappa shape index (κ1) is 15.2. The Kier molecular flexibility index (Phi) is 3.98. The highest BCUT2D eigenvalue weighted by Crippen LogP contribution is 2.30. The number of benzene rings is 2. The summed E-state index contributed by atoms with van der Waals surface area (Å²) in [5.41, 5.74) is 4.81. The predicted octanol–water partition coefficient (Wildman–Crippen LogP) is 2.60. The van der Waals surface area contributed by atoms with Crippen molar-refractivity contribution in [3.8, 4) is 5.75 Å². The zero-order valence-corrected chi connectivity index (χ0v) is 13.6. The first-order valence-electron chi connectivity index (χ1n) is 8.63. The summed E-state index contributed by atoms with van der Waals surface area (Å²) in [6.45, 7) is 0.662. The monoisotopic (exact) mass is 322 g/mol. The molecule has 1 unspecified atom stereocenters.